The fourth-order valence-electron chi connectivity index (χ4n) is 1.28. The summed E-state index contributed by atoms with van der Waals surface area (Å²) in [6.45, 7) is 1.99. The molecular weight excluding hydrogens is 369 g/mol. The molecule has 3 nitrogen and oxygen atoms in total. The second-order valence-corrected chi connectivity index (χ2v) is 7.52. The van der Waals surface area contributed by atoms with E-state index in [-0.39, 0.29) is 0 Å². The van der Waals surface area contributed by atoms with Gasteiger partial charge in [0.25, 0.3) is 10.0 Å². The van der Waals surface area contributed by atoms with Gasteiger partial charge in [-0.3, -0.25) is 4.72 Å². The smallest absolute Gasteiger partial charge is 0.271 e. The van der Waals surface area contributed by atoms with Crippen LogP contribution in [0.5, 0.6) is 0 Å². The Kier molecular flexibility index (Phi) is 3.74. The van der Waals surface area contributed by atoms with Gasteiger partial charge in [0.15, 0.2) is 0 Å². The summed E-state index contributed by atoms with van der Waals surface area (Å²) in [5, 5.41) is 1.74. The number of benzene rings is 1. The fourth-order valence-corrected chi connectivity index (χ4v) is 3.84. The molecule has 0 atom stereocenters. The van der Waals surface area contributed by atoms with Gasteiger partial charge >= 0.3 is 0 Å². The predicted octanol–water partition coefficient (Wildman–Crippen LogP) is 3.46. The standard InChI is InChI=1S/C11H10INO2S2/c1-8-4-5-9(7-10(8)12)13-17(14,15)11-3-2-6-16-11/h2-7,13H,1H3. The monoisotopic (exact) mass is 379 g/mol. The average Bonchev–Trinajstić information content (AvgIpc) is 2.77. The largest absolute Gasteiger partial charge is 0.279 e. The number of halogens is 1. The van der Waals surface area contributed by atoms with Crippen LogP contribution < -0.4 is 4.72 Å². The Morgan fingerprint density at radius 3 is 2.65 bits per heavy atom. The van der Waals surface area contributed by atoms with Gasteiger partial charge in [-0.1, -0.05) is 12.1 Å². The zero-order valence-electron chi connectivity index (χ0n) is 8.98. The molecule has 1 aromatic carbocycles. The molecule has 0 bridgehead atoms. The second kappa shape index (κ2) is 4.95. The molecule has 1 heterocycles. The van der Waals surface area contributed by atoms with Crippen LogP contribution in [-0.2, 0) is 10.0 Å². The van der Waals surface area contributed by atoms with Crippen molar-refractivity contribution >= 4 is 49.6 Å². The maximum absolute atomic E-state index is 12.0. The zero-order valence-corrected chi connectivity index (χ0v) is 12.8. The Labute approximate surface area is 118 Å². The number of thiophene rings is 1. The Bertz CT molecular complexity index is 621. The summed E-state index contributed by atoms with van der Waals surface area (Å²) in [7, 11) is -3.43. The van der Waals surface area contributed by atoms with E-state index in [9.17, 15) is 8.42 Å². The van der Waals surface area contributed by atoms with Crippen molar-refractivity contribution in [2.75, 3.05) is 4.72 Å². The lowest BCUT2D eigenvalue weighted by Crippen LogP contribution is -2.11. The van der Waals surface area contributed by atoms with Crippen molar-refractivity contribution in [3.8, 4) is 0 Å². The molecule has 0 aliphatic carbocycles. The summed E-state index contributed by atoms with van der Waals surface area (Å²) >= 11 is 3.39. The highest BCUT2D eigenvalue weighted by Crippen LogP contribution is 2.22. The Balaban J connectivity index is 2.30. The topological polar surface area (TPSA) is 46.2 Å². The van der Waals surface area contributed by atoms with Crippen LogP contribution in [0.4, 0.5) is 5.69 Å². The van der Waals surface area contributed by atoms with Gasteiger partial charge in [0.05, 0.1) is 0 Å². The van der Waals surface area contributed by atoms with E-state index >= 15 is 0 Å². The first-order valence-corrected chi connectivity index (χ1v) is 8.26. The maximum Gasteiger partial charge on any atom is 0.271 e. The summed E-state index contributed by atoms with van der Waals surface area (Å²) < 4.78 is 27.8. The van der Waals surface area contributed by atoms with Crippen molar-refractivity contribution in [3.63, 3.8) is 0 Å². The molecule has 0 unspecified atom stereocenters. The van der Waals surface area contributed by atoms with E-state index in [1.54, 1.807) is 23.6 Å². The van der Waals surface area contributed by atoms with Crippen LogP contribution in [0.3, 0.4) is 0 Å². The molecule has 0 aliphatic heterocycles. The number of anilines is 1. The van der Waals surface area contributed by atoms with Gasteiger partial charge in [-0.05, 0) is 58.7 Å². The third kappa shape index (κ3) is 2.99. The van der Waals surface area contributed by atoms with Gasteiger partial charge in [0.2, 0.25) is 0 Å². The molecule has 0 amide bonds. The molecule has 90 valence electrons. The summed E-state index contributed by atoms with van der Waals surface area (Å²) in [6.07, 6.45) is 0. The van der Waals surface area contributed by atoms with Crippen molar-refractivity contribution in [1.82, 2.24) is 0 Å². The lowest BCUT2D eigenvalue weighted by Gasteiger charge is -2.07. The van der Waals surface area contributed by atoms with E-state index in [1.165, 1.54) is 11.3 Å². The van der Waals surface area contributed by atoms with Crippen molar-refractivity contribution in [3.05, 3.63) is 44.8 Å². The molecule has 2 rings (SSSR count). The Hall–Kier alpha value is -0.600. The normalized spacial score (nSPS) is 11.4. The maximum atomic E-state index is 12.0. The van der Waals surface area contributed by atoms with E-state index in [4.69, 9.17) is 0 Å². The van der Waals surface area contributed by atoms with Crippen LogP contribution in [0.2, 0.25) is 0 Å². The van der Waals surface area contributed by atoms with Gasteiger partial charge < -0.3 is 0 Å². The Morgan fingerprint density at radius 2 is 2.06 bits per heavy atom. The number of nitrogens with one attached hydrogen (secondary N) is 1. The third-order valence-corrected chi connectivity index (χ3v) is 6.12. The molecule has 0 aliphatic rings. The molecule has 0 saturated heterocycles. The predicted molar refractivity (Wildman–Crippen MR) is 79.0 cm³/mol. The Morgan fingerprint density at radius 1 is 1.29 bits per heavy atom. The molecule has 2 aromatic rings. The van der Waals surface area contributed by atoms with Gasteiger partial charge in [-0.15, -0.1) is 11.3 Å². The van der Waals surface area contributed by atoms with Gasteiger partial charge in [-0.2, -0.15) is 0 Å². The third-order valence-electron chi connectivity index (χ3n) is 2.18. The van der Waals surface area contributed by atoms with Crippen LogP contribution in [0, 0.1) is 10.5 Å². The number of rotatable bonds is 3. The molecule has 0 radical (unpaired) electrons. The minimum Gasteiger partial charge on any atom is -0.279 e. The van der Waals surface area contributed by atoms with Crippen LogP contribution in [-0.4, -0.2) is 8.42 Å². The van der Waals surface area contributed by atoms with Gasteiger partial charge in [0.1, 0.15) is 4.21 Å². The first kappa shape index (κ1) is 12.8. The summed E-state index contributed by atoms with van der Waals surface area (Å²) in [6, 6.07) is 8.79. The second-order valence-electron chi connectivity index (χ2n) is 3.50. The van der Waals surface area contributed by atoms with Crippen LogP contribution in [0.25, 0.3) is 0 Å². The minimum absolute atomic E-state index is 0.327. The number of hydrogen-bond acceptors (Lipinski definition) is 3. The van der Waals surface area contributed by atoms with E-state index < -0.39 is 10.0 Å². The van der Waals surface area contributed by atoms with Gasteiger partial charge in [0, 0.05) is 9.26 Å². The summed E-state index contributed by atoms with van der Waals surface area (Å²) in [4.78, 5) is 0. The summed E-state index contributed by atoms with van der Waals surface area (Å²) in [5.74, 6) is 0. The molecule has 0 saturated carbocycles. The van der Waals surface area contributed by atoms with Crippen LogP contribution in [0.15, 0.2) is 39.9 Å². The fraction of sp³-hybridized carbons (Fsp3) is 0.0909. The van der Waals surface area contributed by atoms with Gasteiger partial charge in [-0.25, -0.2) is 8.42 Å². The molecule has 0 fully saturated rings. The van der Waals surface area contributed by atoms with Crippen LogP contribution in [0.1, 0.15) is 5.56 Å². The highest BCUT2D eigenvalue weighted by atomic mass is 127. The highest BCUT2D eigenvalue weighted by molar-refractivity contribution is 14.1. The number of sulfonamides is 1. The summed E-state index contributed by atoms with van der Waals surface area (Å²) in [5.41, 5.74) is 1.72. The molecular formula is C11H10INO2S2. The average molecular weight is 379 g/mol. The molecule has 17 heavy (non-hydrogen) atoms. The zero-order chi connectivity index (χ0) is 12.5. The van der Waals surface area contributed by atoms with Crippen molar-refractivity contribution < 1.29 is 8.42 Å². The molecule has 1 aromatic heterocycles. The molecule has 1 N–H and O–H groups in total. The van der Waals surface area contributed by atoms with Crippen molar-refractivity contribution in [1.29, 1.82) is 0 Å². The van der Waals surface area contributed by atoms with E-state index in [0.717, 1.165) is 9.13 Å². The SMILES string of the molecule is Cc1ccc(NS(=O)(=O)c2cccs2)cc1I. The lowest BCUT2D eigenvalue weighted by molar-refractivity contribution is 0.603. The van der Waals surface area contributed by atoms with Crippen molar-refractivity contribution in [2.24, 2.45) is 0 Å². The lowest BCUT2D eigenvalue weighted by atomic mass is 10.2. The first-order chi connectivity index (χ1) is 7.99. The first-order valence-electron chi connectivity index (χ1n) is 4.81. The quantitative estimate of drug-likeness (QED) is 0.831. The number of aryl methyl sites for hydroxylation is 1. The van der Waals surface area contributed by atoms with Crippen LogP contribution >= 0.6 is 33.9 Å². The minimum atomic E-state index is -3.43. The molecule has 0 spiro atoms. The highest BCUT2D eigenvalue weighted by Gasteiger charge is 2.15. The van der Waals surface area contributed by atoms with E-state index in [1.807, 2.05) is 19.1 Å². The number of hydrogen-bond donors (Lipinski definition) is 1. The van der Waals surface area contributed by atoms with E-state index in [0.29, 0.717) is 9.90 Å². The van der Waals surface area contributed by atoms with Crippen molar-refractivity contribution in [2.45, 2.75) is 11.1 Å². The molecule has 6 heteroatoms. The van der Waals surface area contributed by atoms with E-state index in [2.05, 4.69) is 27.3 Å².